The van der Waals surface area contributed by atoms with Crippen molar-refractivity contribution < 1.29 is 19.3 Å². The van der Waals surface area contributed by atoms with Crippen LogP contribution in [0.1, 0.15) is 6.92 Å². The zero-order valence-electron chi connectivity index (χ0n) is 9.45. The maximum absolute atomic E-state index is 11.0. The fourth-order valence-corrected chi connectivity index (χ4v) is 1.78. The molecule has 0 aromatic heterocycles. The van der Waals surface area contributed by atoms with Crippen LogP contribution in [0.2, 0.25) is 0 Å². The van der Waals surface area contributed by atoms with E-state index in [0.29, 0.717) is 0 Å². The number of methoxy groups -OCH3 is 1. The molecular weight excluding hydrogens is 246 g/mol. The normalized spacial score (nSPS) is 25.7. The first-order valence-corrected chi connectivity index (χ1v) is 4.80. The van der Waals surface area contributed by atoms with E-state index in [2.05, 4.69) is 4.99 Å². The molecule has 1 heterocycles. The number of hydrogen-bond acceptors (Lipinski definition) is 7. The zero-order valence-corrected chi connectivity index (χ0v) is 9.45. The van der Waals surface area contributed by atoms with Gasteiger partial charge in [-0.05, 0) is 0 Å². The molecule has 96 valence electrons. The van der Waals surface area contributed by atoms with Crippen LogP contribution in [-0.4, -0.2) is 34.3 Å². The minimum absolute atomic E-state index is 0.0107. The molecule has 2 aliphatic rings. The Kier molecular flexibility index (Phi) is 2.55. The summed E-state index contributed by atoms with van der Waals surface area (Å²) >= 11 is 0. The first-order chi connectivity index (χ1) is 8.40. The fraction of sp³-hybridized carbons (Fsp3) is 0.333. The lowest BCUT2D eigenvalue weighted by molar-refractivity contribution is -0.455. The maximum atomic E-state index is 11.0. The average Bonchev–Trinajstić information content (AvgIpc) is 2.63. The summed E-state index contributed by atoms with van der Waals surface area (Å²) < 4.78 is 10.2. The highest BCUT2D eigenvalue weighted by molar-refractivity contribution is 6.03. The SMILES string of the molecule is CO[C@@]12OC(C)=NC1=CC(=[N+]([O-])[O-])C=C2[N+](=O)[O-]. The van der Waals surface area contributed by atoms with Gasteiger partial charge in [-0.25, -0.2) is 4.99 Å². The van der Waals surface area contributed by atoms with Crippen molar-refractivity contribution in [1.82, 2.24) is 0 Å². The Hall–Kier alpha value is -2.42. The average molecular weight is 254 g/mol. The highest BCUT2D eigenvalue weighted by Gasteiger charge is 2.56. The Morgan fingerprint density at radius 2 is 2.06 bits per heavy atom. The summed E-state index contributed by atoms with van der Waals surface area (Å²) in [6.45, 7) is 1.48. The van der Waals surface area contributed by atoms with Gasteiger partial charge in [-0.15, -0.1) is 0 Å². The number of nitrogens with zero attached hydrogens (tertiary/aromatic N) is 3. The lowest BCUT2D eigenvalue weighted by atomic mass is 10.0. The van der Waals surface area contributed by atoms with E-state index in [1.165, 1.54) is 14.0 Å². The molecule has 2 rings (SSSR count). The molecule has 0 saturated heterocycles. The van der Waals surface area contributed by atoms with Crippen molar-refractivity contribution in [3.05, 3.63) is 44.1 Å². The number of aliphatic imine (C=N–C) groups is 1. The molecule has 0 bridgehead atoms. The molecule has 0 fully saturated rings. The van der Waals surface area contributed by atoms with Crippen LogP contribution in [0.3, 0.4) is 0 Å². The Bertz CT molecular complexity index is 543. The second kappa shape index (κ2) is 3.81. The number of nitro groups is 1. The van der Waals surface area contributed by atoms with Gasteiger partial charge in [0.1, 0.15) is 5.70 Å². The monoisotopic (exact) mass is 254 g/mol. The summed E-state index contributed by atoms with van der Waals surface area (Å²) in [4.78, 5) is 13.4. The van der Waals surface area contributed by atoms with Gasteiger partial charge < -0.3 is 19.9 Å². The van der Waals surface area contributed by atoms with Crippen LogP contribution in [-0.2, 0) is 9.47 Å². The Labute approximate surface area is 101 Å². The van der Waals surface area contributed by atoms with Gasteiger partial charge in [0.2, 0.25) is 5.71 Å². The van der Waals surface area contributed by atoms with Crippen molar-refractivity contribution in [3.8, 4) is 0 Å². The van der Waals surface area contributed by atoms with Crippen LogP contribution in [0.15, 0.2) is 28.5 Å². The standard InChI is InChI=1S/C9H8N3O6/c1-5-10-7-3-6(11(13)14)4-8(12(15)16)9(7,17-2)18-5/h3-4H,1-2H3/q-1/t9-/m1/s1. The molecule has 9 heteroatoms. The molecule has 0 saturated carbocycles. The van der Waals surface area contributed by atoms with Gasteiger partial charge in [0.15, 0.2) is 5.90 Å². The van der Waals surface area contributed by atoms with Gasteiger partial charge in [0, 0.05) is 20.1 Å². The van der Waals surface area contributed by atoms with Crippen molar-refractivity contribution in [2.24, 2.45) is 4.99 Å². The van der Waals surface area contributed by atoms with Gasteiger partial charge in [-0.1, -0.05) is 0 Å². The van der Waals surface area contributed by atoms with E-state index in [0.717, 1.165) is 12.2 Å². The zero-order chi connectivity index (χ0) is 13.5. The van der Waals surface area contributed by atoms with Crippen LogP contribution in [0.25, 0.3) is 0 Å². The summed E-state index contributed by atoms with van der Waals surface area (Å²) in [5.74, 6) is -1.66. The molecule has 18 heavy (non-hydrogen) atoms. The molecule has 0 spiro atoms. The van der Waals surface area contributed by atoms with E-state index in [1.54, 1.807) is 0 Å². The van der Waals surface area contributed by atoms with Crippen LogP contribution < -0.4 is 0 Å². The number of hydrogen-bond donors (Lipinski definition) is 0. The molecule has 1 atom stereocenters. The quantitative estimate of drug-likeness (QED) is 0.396. The molecule has 1 aliphatic heterocycles. The minimum atomic E-state index is -1.80. The van der Waals surface area contributed by atoms with E-state index in [1.807, 2.05) is 0 Å². The number of fused-ring (bicyclic) bond motifs is 1. The summed E-state index contributed by atoms with van der Waals surface area (Å²) in [7, 11) is 1.20. The molecule has 0 aromatic rings. The minimum Gasteiger partial charge on any atom is -0.612 e. The second-order valence-electron chi connectivity index (χ2n) is 3.55. The van der Waals surface area contributed by atoms with Gasteiger partial charge in [-0.2, -0.15) is 4.90 Å². The second-order valence-corrected chi connectivity index (χ2v) is 3.55. The van der Waals surface area contributed by atoms with Crippen LogP contribution >= 0.6 is 0 Å². The van der Waals surface area contributed by atoms with Crippen molar-refractivity contribution in [2.75, 3.05) is 7.11 Å². The smallest absolute Gasteiger partial charge is 0.349 e. The Balaban J connectivity index is 2.65. The third kappa shape index (κ3) is 1.52. The molecule has 0 amide bonds. The van der Waals surface area contributed by atoms with E-state index < -0.39 is 27.0 Å². The third-order valence-electron chi connectivity index (χ3n) is 2.51. The lowest BCUT2D eigenvalue weighted by Gasteiger charge is -2.26. The third-order valence-corrected chi connectivity index (χ3v) is 2.51. The summed E-state index contributed by atoms with van der Waals surface area (Å²) in [6.07, 6.45) is 1.90. The number of rotatable bonds is 2. The van der Waals surface area contributed by atoms with Gasteiger partial charge >= 0.3 is 11.5 Å². The molecule has 0 N–H and O–H groups in total. The molecule has 1 aliphatic carbocycles. The van der Waals surface area contributed by atoms with Crippen molar-refractivity contribution in [3.63, 3.8) is 0 Å². The van der Waals surface area contributed by atoms with Crippen molar-refractivity contribution >= 4 is 11.6 Å². The summed E-state index contributed by atoms with van der Waals surface area (Å²) in [5, 5.41) is 32.4. The molecule has 0 unspecified atom stereocenters. The topological polar surface area (TPSA) is 123 Å². The Morgan fingerprint density at radius 3 is 2.56 bits per heavy atom. The predicted molar refractivity (Wildman–Crippen MR) is 59.1 cm³/mol. The first kappa shape index (κ1) is 12.0. The van der Waals surface area contributed by atoms with E-state index in [4.69, 9.17) is 9.47 Å². The maximum Gasteiger partial charge on any atom is 0.349 e. The highest BCUT2D eigenvalue weighted by Crippen LogP contribution is 2.39. The summed E-state index contributed by atoms with van der Waals surface area (Å²) in [5.41, 5.74) is -1.02. The summed E-state index contributed by atoms with van der Waals surface area (Å²) in [6, 6.07) is 0. The van der Waals surface area contributed by atoms with Crippen molar-refractivity contribution in [1.29, 1.82) is 0 Å². The van der Waals surface area contributed by atoms with E-state index in [-0.39, 0.29) is 11.6 Å². The predicted octanol–water partition coefficient (Wildman–Crippen LogP) is 0.285. The Morgan fingerprint density at radius 1 is 1.39 bits per heavy atom. The molecule has 9 nitrogen and oxygen atoms in total. The van der Waals surface area contributed by atoms with E-state index in [9.17, 15) is 20.5 Å². The number of allylic oxidation sites excluding steroid dienone is 2. The van der Waals surface area contributed by atoms with Crippen LogP contribution in [0.5, 0.6) is 0 Å². The van der Waals surface area contributed by atoms with Gasteiger partial charge in [0.05, 0.1) is 11.0 Å². The van der Waals surface area contributed by atoms with Gasteiger partial charge in [-0.3, -0.25) is 10.1 Å². The highest BCUT2D eigenvalue weighted by atomic mass is 16.8. The largest absolute Gasteiger partial charge is 0.612 e. The fourth-order valence-electron chi connectivity index (χ4n) is 1.78. The van der Waals surface area contributed by atoms with Crippen molar-refractivity contribution in [2.45, 2.75) is 12.7 Å². The lowest BCUT2D eigenvalue weighted by Crippen LogP contribution is -2.42. The van der Waals surface area contributed by atoms with E-state index >= 15 is 0 Å². The number of ether oxygens (including phenoxy) is 2. The molecular formula is C9H8N3O6-. The van der Waals surface area contributed by atoms with Crippen LogP contribution in [0, 0.1) is 20.5 Å². The molecule has 0 aromatic carbocycles. The first-order valence-electron chi connectivity index (χ1n) is 4.80. The molecule has 0 radical (unpaired) electrons. The van der Waals surface area contributed by atoms with Gasteiger partial charge in [0.25, 0.3) is 0 Å². The van der Waals surface area contributed by atoms with Crippen LogP contribution in [0.4, 0.5) is 0 Å².